The molecule has 1 aliphatic rings. The van der Waals surface area contributed by atoms with Gasteiger partial charge in [-0.25, -0.2) is 0 Å². The monoisotopic (exact) mass is 401 g/mol. The number of hydrogen-bond donors (Lipinski definition) is 0. The van der Waals surface area contributed by atoms with Crippen molar-refractivity contribution in [2.45, 2.75) is 12.7 Å². The van der Waals surface area contributed by atoms with Gasteiger partial charge < -0.3 is 4.90 Å². The average molecular weight is 401 g/mol. The number of amides is 3. The Hall–Kier alpha value is -3.67. The third-order valence-electron chi connectivity index (χ3n) is 4.35. The smallest absolute Gasteiger partial charge is 0.328 e. The van der Waals surface area contributed by atoms with Crippen molar-refractivity contribution in [3.05, 3.63) is 70.8 Å². The van der Waals surface area contributed by atoms with Gasteiger partial charge in [0.05, 0.1) is 22.8 Å². The zero-order valence-electron chi connectivity index (χ0n) is 14.9. The van der Waals surface area contributed by atoms with E-state index in [4.69, 9.17) is 5.26 Å². The van der Waals surface area contributed by atoms with Gasteiger partial charge in [0.25, 0.3) is 11.8 Å². The van der Waals surface area contributed by atoms with E-state index in [1.54, 1.807) is 12.1 Å². The fourth-order valence-corrected chi connectivity index (χ4v) is 2.97. The molecule has 0 saturated carbocycles. The molecule has 2 aromatic rings. The Morgan fingerprint density at radius 3 is 2.03 bits per heavy atom. The van der Waals surface area contributed by atoms with Crippen LogP contribution in [0, 0.1) is 11.3 Å². The molecule has 0 atom stereocenters. The van der Waals surface area contributed by atoms with E-state index >= 15 is 0 Å². The minimum Gasteiger partial charge on any atom is -0.328 e. The van der Waals surface area contributed by atoms with E-state index in [1.807, 2.05) is 6.07 Å². The van der Waals surface area contributed by atoms with Crippen molar-refractivity contribution < 1.29 is 27.6 Å². The zero-order valence-corrected chi connectivity index (χ0v) is 14.9. The maximum Gasteiger partial charge on any atom is 0.406 e. The van der Waals surface area contributed by atoms with Crippen molar-refractivity contribution in [2.75, 3.05) is 13.1 Å². The molecule has 3 rings (SSSR count). The lowest BCUT2D eigenvalue weighted by Gasteiger charge is -2.26. The second kappa shape index (κ2) is 7.75. The first-order valence-electron chi connectivity index (χ1n) is 8.48. The van der Waals surface area contributed by atoms with Crippen molar-refractivity contribution in [1.29, 1.82) is 5.26 Å². The first-order valence-corrected chi connectivity index (χ1v) is 8.48. The van der Waals surface area contributed by atoms with Crippen LogP contribution in [0.3, 0.4) is 0 Å². The summed E-state index contributed by atoms with van der Waals surface area (Å²) in [6, 6.07) is 13.6. The molecular weight excluding hydrogens is 387 g/mol. The van der Waals surface area contributed by atoms with Gasteiger partial charge in [0.15, 0.2) is 0 Å². The van der Waals surface area contributed by atoms with Gasteiger partial charge in [-0.15, -0.1) is 0 Å². The van der Waals surface area contributed by atoms with Crippen molar-refractivity contribution >= 4 is 17.7 Å². The van der Waals surface area contributed by atoms with E-state index in [1.165, 1.54) is 36.4 Å². The maximum atomic E-state index is 13.0. The Kier molecular flexibility index (Phi) is 5.37. The number of benzene rings is 2. The number of nitriles is 1. The Bertz CT molecular complexity index is 975. The fraction of sp³-hybridized carbons (Fsp3) is 0.200. The van der Waals surface area contributed by atoms with Crippen LogP contribution in [0.2, 0.25) is 0 Å². The molecule has 0 aliphatic carbocycles. The largest absolute Gasteiger partial charge is 0.406 e. The highest BCUT2D eigenvalue weighted by atomic mass is 19.4. The molecule has 0 bridgehead atoms. The highest BCUT2D eigenvalue weighted by Gasteiger charge is 2.39. The molecule has 148 valence electrons. The molecule has 0 saturated heterocycles. The second-order valence-electron chi connectivity index (χ2n) is 6.42. The summed E-state index contributed by atoms with van der Waals surface area (Å²) in [5.74, 6) is -2.45. The molecule has 2 aromatic carbocycles. The Balaban J connectivity index is 1.79. The average Bonchev–Trinajstić information content (AvgIpc) is 2.92. The van der Waals surface area contributed by atoms with Crippen LogP contribution in [0.15, 0.2) is 48.5 Å². The molecule has 1 aliphatic heterocycles. The maximum absolute atomic E-state index is 13.0. The van der Waals surface area contributed by atoms with Gasteiger partial charge in [-0.05, 0) is 29.8 Å². The number of carbonyl (C=O) groups excluding carboxylic acids is 3. The van der Waals surface area contributed by atoms with Crippen LogP contribution in [0.1, 0.15) is 31.8 Å². The third kappa shape index (κ3) is 4.43. The lowest BCUT2D eigenvalue weighted by atomic mass is 10.1. The minimum atomic E-state index is -4.66. The highest BCUT2D eigenvalue weighted by Crippen LogP contribution is 2.23. The van der Waals surface area contributed by atoms with Gasteiger partial charge in [-0.1, -0.05) is 24.3 Å². The molecule has 0 aromatic heterocycles. The minimum absolute atomic E-state index is 0.111. The third-order valence-corrected chi connectivity index (χ3v) is 4.35. The second-order valence-corrected chi connectivity index (χ2v) is 6.42. The molecule has 9 heteroatoms. The summed E-state index contributed by atoms with van der Waals surface area (Å²) < 4.78 is 39.0. The highest BCUT2D eigenvalue weighted by molar-refractivity contribution is 6.22. The van der Waals surface area contributed by atoms with Gasteiger partial charge in [0.2, 0.25) is 5.91 Å². The molecule has 0 N–H and O–H groups in total. The van der Waals surface area contributed by atoms with Crippen LogP contribution in [-0.2, 0) is 11.3 Å². The predicted octanol–water partition coefficient (Wildman–Crippen LogP) is 2.75. The van der Waals surface area contributed by atoms with E-state index in [9.17, 15) is 27.6 Å². The Labute approximate surface area is 163 Å². The predicted molar refractivity (Wildman–Crippen MR) is 94.4 cm³/mol. The summed E-state index contributed by atoms with van der Waals surface area (Å²) in [7, 11) is 0. The summed E-state index contributed by atoms with van der Waals surface area (Å²) >= 11 is 0. The Morgan fingerprint density at radius 1 is 1.00 bits per heavy atom. The Morgan fingerprint density at radius 2 is 1.55 bits per heavy atom. The van der Waals surface area contributed by atoms with Crippen LogP contribution < -0.4 is 0 Å². The number of carbonyl (C=O) groups is 3. The van der Waals surface area contributed by atoms with Crippen LogP contribution in [0.25, 0.3) is 0 Å². The van der Waals surface area contributed by atoms with Crippen LogP contribution >= 0.6 is 0 Å². The normalized spacial score (nSPS) is 13.2. The summed E-state index contributed by atoms with van der Waals surface area (Å²) in [6.07, 6.45) is -4.66. The van der Waals surface area contributed by atoms with Crippen molar-refractivity contribution in [3.63, 3.8) is 0 Å². The van der Waals surface area contributed by atoms with Crippen molar-refractivity contribution in [3.8, 4) is 6.07 Å². The molecule has 0 unspecified atom stereocenters. The molecule has 3 amide bonds. The van der Waals surface area contributed by atoms with Crippen LogP contribution in [-0.4, -0.2) is 46.8 Å². The van der Waals surface area contributed by atoms with Gasteiger partial charge in [0, 0.05) is 6.54 Å². The summed E-state index contributed by atoms with van der Waals surface area (Å²) in [6.45, 7) is -2.71. The zero-order chi connectivity index (χ0) is 21.2. The van der Waals surface area contributed by atoms with Crippen molar-refractivity contribution in [2.24, 2.45) is 0 Å². The molecule has 0 spiro atoms. The van der Waals surface area contributed by atoms with E-state index in [-0.39, 0.29) is 17.7 Å². The summed E-state index contributed by atoms with van der Waals surface area (Å²) in [4.78, 5) is 38.5. The van der Waals surface area contributed by atoms with Crippen molar-refractivity contribution in [1.82, 2.24) is 9.80 Å². The SMILES string of the molecule is N#Cc1ccc(CN(CC(F)(F)F)C(=O)CN2C(=O)c3ccccc3C2=O)cc1. The number of alkyl halides is 3. The molecule has 0 radical (unpaired) electrons. The lowest BCUT2D eigenvalue weighted by molar-refractivity contribution is -0.162. The fourth-order valence-electron chi connectivity index (χ4n) is 2.97. The number of imide groups is 1. The molecule has 29 heavy (non-hydrogen) atoms. The summed E-state index contributed by atoms with van der Waals surface area (Å²) in [5, 5.41) is 8.80. The van der Waals surface area contributed by atoms with E-state index < -0.39 is 37.0 Å². The number of fused-ring (bicyclic) bond motifs is 1. The van der Waals surface area contributed by atoms with E-state index in [2.05, 4.69) is 0 Å². The van der Waals surface area contributed by atoms with E-state index in [0.717, 1.165) is 0 Å². The standard InChI is InChI=1S/C20H14F3N3O3/c21-20(22,23)12-25(10-14-7-5-13(9-24)6-8-14)17(27)11-26-18(28)15-3-1-2-4-16(15)19(26)29/h1-8H,10-12H2. The number of halogens is 3. The first kappa shape index (κ1) is 20.1. The number of rotatable bonds is 5. The topological polar surface area (TPSA) is 81.5 Å². The van der Waals surface area contributed by atoms with Crippen LogP contribution in [0.4, 0.5) is 13.2 Å². The first-order chi connectivity index (χ1) is 13.7. The van der Waals surface area contributed by atoms with Crippen LogP contribution in [0.5, 0.6) is 0 Å². The van der Waals surface area contributed by atoms with Gasteiger partial charge in [0.1, 0.15) is 13.1 Å². The van der Waals surface area contributed by atoms with Gasteiger partial charge >= 0.3 is 6.18 Å². The number of nitrogens with zero attached hydrogens (tertiary/aromatic N) is 3. The van der Waals surface area contributed by atoms with Gasteiger partial charge in [-0.2, -0.15) is 18.4 Å². The molecular formula is C20H14F3N3O3. The quantitative estimate of drug-likeness (QED) is 0.722. The number of hydrogen-bond acceptors (Lipinski definition) is 4. The van der Waals surface area contributed by atoms with E-state index in [0.29, 0.717) is 20.9 Å². The molecule has 0 fully saturated rings. The molecule has 1 heterocycles. The lowest BCUT2D eigenvalue weighted by Crippen LogP contribution is -2.45. The molecule has 6 nitrogen and oxygen atoms in total. The van der Waals surface area contributed by atoms with Gasteiger partial charge in [-0.3, -0.25) is 19.3 Å². The summed E-state index contributed by atoms with van der Waals surface area (Å²) in [5.41, 5.74) is 0.928.